The normalized spacial score (nSPS) is 22.5. The molecular formula is C12H22N4O3. The van der Waals surface area contributed by atoms with Gasteiger partial charge < -0.3 is 25.6 Å². The zero-order valence-electron chi connectivity index (χ0n) is 11.3. The third-order valence-electron chi connectivity index (χ3n) is 3.88. The van der Waals surface area contributed by atoms with Crippen LogP contribution in [0.4, 0.5) is 4.79 Å². The average Bonchev–Trinajstić information content (AvgIpc) is 2.86. The van der Waals surface area contributed by atoms with Gasteiger partial charge in [-0.15, -0.1) is 0 Å². The molecule has 0 aliphatic carbocycles. The zero-order valence-corrected chi connectivity index (χ0v) is 11.3. The van der Waals surface area contributed by atoms with E-state index in [2.05, 4.69) is 5.32 Å². The molecule has 1 unspecified atom stereocenters. The molecule has 2 heterocycles. The molecule has 2 aliphatic rings. The summed E-state index contributed by atoms with van der Waals surface area (Å²) in [4.78, 5) is 27.3. The Morgan fingerprint density at radius 3 is 2.63 bits per heavy atom. The minimum Gasteiger partial charge on any atom is -0.370 e. The number of carbonyl (C=O) groups is 2. The molecule has 0 aromatic heterocycles. The third-order valence-corrected chi connectivity index (χ3v) is 3.88. The van der Waals surface area contributed by atoms with Crippen molar-refractivity contribution in [2.45, 2.75) is 25.0 Å². The Hall–Kier alpha value is -1.34. The number of piperidine rings is 1. The summed E-state index contributed by atoms with van der Waals surface area (Å²) in [6.45, 7) is 3.00. The number of methoxy groups -OCH3 is 1. The summed E-state index contributed by atoms with van der Waals surface area (Å²) in [6, 6.07) is 0.256. The number of carbonyl (C=O) groups excluding carboxylic acids is 2. The van der Waals surface area contributed by atoms with Crippen LogP contribution >= 0.6 is 0 Å². The second-order valence-corrected chi connectivity index (χ2v) is 4.94. The van der Waals surface area contributed by atoms with Gasteiger partial charge in [-0.3, -0.25) is 4.79 Å². The SMILES string of the molecule is COC(CN)C(=O)N1CCC(N2CCNC2=O)CC1. The Bertz CT molecular complexity index is 338. The van der Waals surface area contributed by atoms with Crippen molar-refractivity contribution in [3.63, 3.8) is 0 Å². The van der Waals surface area contributed by atoms with Gasteiger partial charge in [0.25, 0.3) is 5.91 Å². The molecule has 7 heteroatoms. The Kier molecular flexibility index (Phi) is 4.60. The maximum absolute atomic E-state index is 12.1. The van der Waals surface area contributed by atoms with Gasteiger partial charge in [-0.25, -0.2) is 4.79 Å². The number of nitrogens with one attached hydrogen (secondary N) is 1. The molecule has 0 saturated carbocycles. The van der Waals surface area contributed by atoms with Gasteiger partial charge in [-0.2, -0.15) is 0 Å². The van der Waals surface area contributed by atoms with E-state index < -0.39 is 6.10 Å². The maximum Gasteiger partial charge on any atom is 0.317 e. The largest absolute Gasteiger partial charge is 0.370 e. The number of nitrogens with zero attached hydrogens (tertiary/aromatic N) is 2. The molecule has 19 heavy (non-hydrogen) atoms. The number of amides is 3. The fraction of sp³-hybridized carbons (Fsp3) is 0.833. The molecule has 1 atom stereocenters. The van der Waals surface area contributed by atoms with Crippen LogP contribution in [0.2, 0.25) is 0 Å². The van der Waals surface area contributed by atoms with E-state index >= 15 is 0 Å². The molecule has 3 amide bonds. The molecule has 0 bridgehead atoms. The molecule has 3 N–H and O–H groups in total. The van der Waals surface area contributed by atoms with Gasteiger partial charge in [0, 0.05) is 45.9 Å². The molecule has 0 aromatic rings. The van der Waals surface area contributed by atoms with Crippen molar-refractivity contribution in [1.29, 1.82) is 0 Å². The van der Waals surface area contributed by atoms with Gasteiger partial charge in [0.1, 0.15) is 6.10 Å². The van der Waals surface area contributed by atoms with E-state index in [1.165, 1.54) is 7.11 Å². The first-order chi connectivity index (χ1) is 9.17. The van der Waals surface area contributed by atoms with E-state index in [-0.39, 0.29) is 24.5 Å². The third kappa shape index (κ3) is 2.98. The van der Waals surface area contributed by atoms with Crippen molar-refractivity contribution in [2.24, 2.45) is 5.73 Å². The predicted molar refractivity (Wildman–Crippen MR) is 69.6 cm³/mol. The topological polar surface area (TPSA) is 87.9 Å². The lowest BCUT2D eigenvalue weighted by Gasteiger charge is -2.37. The summed E-state index contributed by atoms with van der Waals surface area (Å²) in [7, 11) is 1.50. The zero-order chi connectivity index (χ0) is 13.8. The fourth-order valence-corrected chi connectivity index (χ4v) is 2.73. The van der Waals surface area contributed by atoms with Gasteiger partial charge in [0.15, 0.2) is 0 Å². The molecule has 0 radical (unpaired) electrons. The van der Waals surface area contributed by atoms with E-state index in [4.69, 9.17) is 10.5 Å². The summed E-state index contributed by atoms with van der Waals surface area (Å²) in [5.74, 6) is -0.0469. The van der Waals surface area contributed by atoms with E-state index in [0.29, 0.717) is 13.1 Å². The summed E-state index contributed by atoms with van der Waals surface area (Å²) < 4.78 is 5.07. The number of ether oxygens (including phenoxy) is 1. The second kappa shape index (κ2) is 6.21. The number of hydrogen-bond acceptors (Lipinski definition) is 4. The van der Waals surface area contributed by atoms with Gasteiger partial charge in [0.2, 0.25) is 0 Å². The van der Waals surface area contributed by atoms with E-state index in [9.17, 15) is 9.59 Å². The Labute approximate surface area is 113 Å². The molecule has 7 nitrogen and oxygen atoms in total. The highest BCUT2D eigenvalue weighted by Crippen LogP contribution is 2.19. The van der Waals surface area contributed by atoms with E-state index in [0.717, 1.165) is 25.9 Å². The second-order valence-electron chi connectivity index (χ2n) is 4.94. The maximum atomic E-state index is 12.1. The molecule has 2 saturated heterocycles. The lowest BCUT2D eigenvalue weighted by atomic mass is 10.0. The molecule has 2 rings (SSSR count). The standard InChI is InChI=1S/C12H22N4O3/c1-19-10(8-13)11(17)15-5-2-9(3-6-15)16-7-4-14-12(16)18/h9-10H,2-8,13H2,1H3,(H,14,18). The Morgan fingerprint density at radius 2 is 2.16 bits per heavy atom. The van der Waals surface area contributed by atoms with Crippen molar-refractivity contribution in [2.75, 3.05) is 39.8 Å². The van der Waals surface area contributed by atoms with E-state index in [1.807, 2.05) is 4.90 Å². The summed E-state index contributed by atoms with van der Waals surface area (Å²) >= 11 is 0. The summed E-state index contributed by atoms with van der Waals surface area (Å²) in [5.41, 5.74) is 5.50. The van der Waals surface area contributed by atoms with Crippen LogP contribution in [0.25, 0.3) is 0 Å². The molecule has 0 aromatic carbocycles. The number of urea groups is 1. The van der Waals surface area contributed by atoms with Gasteiger partial charge in [-0.1, -0.05) is 0 Å². The molecule has 2 aliphatic heterocycles. The highest BCUT2D eigenvalue weighted by atomic mass is 16.5. The lowest BCUT2D eigenvalue weighted by Crippen LogP contribution is -2.51. The van der Waals surface area contributed by atoms with Crippen LogP contribution < -0.4 is 11.1 Å². The number of nitrogens with two attached hydrogens (primary N) is 1. The van der Waals surface area contributed by atoms with Crippen LogP contribution in [0.3, 0.4) is 0 Å². The fourth-order valence-electron chi connectivity index (χ4n) is 2.73. The number of likely N-dealkylation sites (tertiary alicyclic amines) is 1. The first kappa shape index (κ1) is 14.1. The van der Waals surface area contributed by atoms with Crippen molar-refractivity contribution in [3.8, 4) is 0 Å². The number of hydrogen-bond donors (Lipinski definition) is 2. The van der Waals surface area contributed by atoms with Crippen molar-refractivity contribution in [3.05, 3.63) is 0 Å². The van der Waals surface area contributed by atoms with Crippen LogP contribution in [0, 0.1) is 0 Å². The Balaban J connectivity index is 1.85. The van der Waals surface area contributed by atoms with Gasteiger partial charge >= 0.3 is 6.03 Å². The highest BCUT2D eigenvalue weighted by Gasteiger charge is 2.33. The van der Waals surface area contributed by atoms with Crippen LogP contribution in [-0.2, 0) is 9.53 Å². The van der Waals surface area contributed by atoms with Crippen LogP contribution in [-0.4, -0.2) is 73.7 Å². The molecule has 0 spiro atoms. The highest BCUT2D eigenvalue weighted by molar-refractivity contribution is 5.81. The number of rotatable bonds is 4. The first-order valence-electron chi connectivity index (χ1n) is 6.73. The van der Waals surface area contributed by atoms with Crippen molar-refractivity contribution < 1.29 is 14.3 Å². The quantitative estimate of drug-likeness (QED) is 0.684. The van der Waals surface area contributed by atoms with Crippen LogP contribution in [0.15, 0.2) is 0 Å². The smallest absolute Gasteiger partial charge is 0.317 e. The van der Waals surface area contributed by atoms with Crippen LogP contribution in [0.5, 0.6) is 0 Å². The average molecular weight is 270 g/mol. The summed E-state index contributed by atoms with van der Waals surface area (Å²) in [6.07, 6.45) is 1.09. The van der Waals surface area contributed by atoms with E-state index in [1.54, 1.807) is 4.90 Å². The lowest BCUT2D eigenvalue weighted by molar-refractivity contribution is -0.142. The van der Waals surface area contributed by atoms with Gasteiger partial charge in [0.05, 0.1) is 0 Å². The summed E-state index contributed by atoms with van der Waals surface area (Å²) in [5, 5.41) is 2.81. The first-order valence-corrected chi connectivity index (χ1v) is 6.73. The minimum absolute atomic E-state index is 0.0153. The van der Waals surface area contributed by atoms with Crippen molar-refractivity contribution >= 4 is 11.9 Å². The Morgan fingerprint density at radius 1 is 1.47 bits per heavy atom. The van der Waals surface area contributed by atoms with Crippen molar-refractivity contribution in [1.82, 2.24) is 15.1 Å². The minimum atomic E-state index is -0.549. The predicted octanol–water partition coefficient (Wildman–Crippen LogP) is -1.02. The monoisotopic (exact) mass is 270 g/mol. The van der Waals surface area contributed by atoms with Gasteiger partial charge in [-0.05, 0) is 12.8 Å². The molecule has 108 valence electrons. The molecular weight excluding hydrogens is 248 g/mol. The van der Waals surface area contributed by atoms with Crippen LogP contribution in [0.1, 0.15) is 12.8 Å². The molecule has 2 fully saturated rings.